The van der Waals surface area contributed by atoms with Gasteiger partial charge in [0.15, 0.2) is 5.96 Å². The molecule has 5 amide bonds. The van der Waals surface area contributed by atoms with Crippen molar-refractivity contribution in [2.45, 2.75) is 62.7 Å². The second-order valence-electron chi connectivity index (χ2n) is 7.77. The van der Waals surface area contributed by atoms with Crippen molar-refractivity contribution in [2.24, 2.45) is 33.7 Å². The summed E-state index contributed by atoms with van der Waals surface area (Å²) in [6, 6.07) is -5.11. The number of hydrogen-bond donors (Lipinski definition) is 10. The average molecular weight is 534 g/mol. The summed E-state index contributed by atoms with van der Waals surface area (Å²) in [5, 5.41) is 16.4. The fraction of sp³-hybridized carbons (Fsp3) is 0.632. The number of carbonyl (C=O) groups is 6. The van der Waals surface area contributed by atoms with Crippen LogP contribution in [0.2, 0.25) is 0 Å². The van der Waals surface area contributed by atoms with Crippen LogP contribution in [-0.4, -0.2) is 83.0 Å². The normalized spacial score (nSPS) is 13.8. The molecule has 0 spiro atoms. The lowest BCUT2D eigenvalue weighted by molar-refractivity contribution is -0.142. The fourth-order valence-electron chi connectivity index (χ4n) is 2.78. The second kappa shape index (κ2) is 16.9. The highest BCUT2D eigenvalue weighted by Gasteiger charge is 2.30. The van der Waals surface area contributed by atoms with Crippen LogP contribution in [-0.2, 0) is 28.8 Å². The number of hydrogen-bond acceptors (Lipinski definition) is 9. The maximum absolute atomic E-state index is 12.9. The van der Waals surface area contributed by atoms with Crippen molar-refractivity contribution in [2.75, 3.05) is 12.3 Å². The SMILES string of the molecule is NC(=O)CCC(NC(=O)C(N)CS)C(=O)NC(CCC(N)=O)C(=O)NC(CCCN=C(N)N)C(=O)O. The van der Waals surface area contributed by atoms with Crippen LogP contribution in [0.5, 0.6) is 0 Å². The third-order valence-electron chi connectivity index (χ3n) is 4.72. The lowest BCUT2D eigenvalue weighted by Gasteiger charge is -2.25. The molecule has 0 saturated heterocycles. The molecule has 0 bridgehead atoms. The predicted octanol–water partition coefficient (Wildman–Crippen LogP) is -4.63. The van der Waals surface area contributed by atoms with Gasteiger partial charge in [0.2, 0.25) is 29.5 Å². The van der Waals surface area contributed by atoms with E-state index in [4.69, 9.17) is 28.7 Å². The Morgan fingerprint density at radius 1 is 0.750 bits per heavy atom. The van der Waals surface area contributed by atoms with Crippen molar-refractivity contribution in [3.8, 4) is 0 Å². The van der Waals surface area contributed by atoms with Gasteiger partial charge in [0.25, 0.3) is 0 Å². The number of nitrogens with two attached hydrogens (primary N) is 5. The molecular weight excluding hydrogens is 498 g/mol. The van der Waals surface area contributed by atoms with Gasteiger partial charge in [0.1, 0.15) is 18.1 Å². The van der Waals surface area contributed by atoms with Gasteiger partial charge >= 0.3 is 5.97 Å². The van der Waals surface area contributed by atoms with E-state index in [1.807, 2.05) is 0 Å². The van der Waals surface area contributed by atoms with Crippen LogP contribution in [0.3, 0.4) is 0 Å². The van der Waals surface area contributed by atoms with Crippen molar-refractivity contribution in [3.05, 3.63) is 0 Å². The van der Waals surface area contributed by atoms with Crippen molar-refractivity contribution in [1.29, 1.82) is 0 Å². The molecule has 0 aromatic carbocycles. The van der Waals surface area contributed by atoms with Gasteiger partial charge < -0.3 is 49.7 Å². The first-order chi connectivity index (χ1) is 16.8. The second-order valence-corrected chi connectivity index (χ2v) is 8.13. The largest absolute Gasteiger partial charge is 0.480 e. The maximum atomic E-state index is 12.9. The van der Waals surface area contributed by atoms with Gasteiger partial charge in [0, 0.05) is 25.1 Å². The minimum atomic E-state index is -1.39. The molecule has 0 fully saturated rings. The molecule has 16 nitrogen and oxygen atoms in total. The van der Waals surface area contributed by atoms with Crippen LogP contribution in [0.4, 0.5) is 0 Å². The molecule has 0 saturated carbocycles. The van der Waals surface area contributed by atoms with E-state index >= 15 is 0 Å². The van der Waals surface area contributed by atoms with E-state index in [9.17, 15) is 33.9 Å². The number of carboxylic acids is 1. The molecule has 0 aliphatic heterocycles. The Bertz CT molecular complexity index is 836. The molecule has 36 heavy (non-hydrogen) atoms. The summed E-state index contributed by atoms with van der Waals surface area (Å²) < 4.78 is 0. The number of amides is 5. The minimum absolute atomic E-state index is 0.0284. The number of aliphatic imine (C=N–C) groups is 1. The molecule has 0 aliphatic carbocycles. The molecule has 4 unspecified atom stereocenters. The molecule has 0 rings (SSSR count). The van der Waals surface area contributed by atoms with Crippen LogP contribution in [0.15, 0.2) is 4.99 Å². The van der Waals surface area contributed by atoms with E-state index < -0.39 is 59.7 Å². The summed E-state index contributed by atoms with van der Waals surface area (Å²) in [6.07, 6.45) is -0.876. The number of nitrogens with one attached hydrogen (secondary N) is 3. The third kappa shape index (κ3) is 14.0. The summed E-state index contributed by atoms with van der Waals surface area (Å²) >= 11 is 3.91. The summed E-state index contributed by atoms with van der Waals surface area (Å²) in [5.41, 5.74) is 26.3. The van der Waals surface area contributed by atoms with Gasteiger partial charge in [-0.1, -0.05) is 0 Å². The smallest absolute Gasteiger partial charge is 0.326 e. The van der Waals surface area contributed by atoms with Crippen LogP contribution < -0.4 is 44.6 Å². The van der Waals surface area contributed by atoms with Gasteiger partial charge in [-0.15, -0.1) is 0 Å². The van der Waals surface area contributed by atoms with E-state index in [1.165, 1.54) is 0 Å². The number of guanidine groups is 1. The zero-order valence-corrected chi connectivity index (χ0v) is 20.5. The number of carboxylic acid groups (broad SMARTS) is 1. The zero-order chi connectivity index (χ0) is 27.8. The molecular formula is C19H35N9O7S. The Morgan fingerprint density at radius 3 is 1.58 bits per heavy atom. The molecule has 0 aromatic rings. The molecule has 17 heteroatoms. The van der Waals surface area contributed by atoms with Gasteiger partial charge in [-0.05, 0) is 25.7 Å². The molecule has 4 atom stereocenters. The van der Waals surface area contributed by atoms with Crippen LogP contribution >= 0.6 is 12.6 Å². The van der Waals surface area contributed by atoms with Crippen molar-refractivity contribution in [1.82, 2.24) is 16.0 Å². The first kappa shape index (κ1) is 32.4. The van der Waals surface area contributed by atoms with Crippen LogP contribution in [0.25, 0.3) is 0 Å². The summed E-state index contributed by atoms with van der Waals surface area (Å²) in [7, 11) is 0. The molecule has 0 heterocycles. The van der Waals surface area contributed by atoms with Crippen LogP contribution in [0, 0.1) is 0 Å². The quantitative estimate of drug-likeness (QED) is 0.0347. The van der Waals surface area contributed by atoms with Gasteiger partial charge in [-0.3, -0.25) is 29.0 Å². The Balaban J connectivity index is 5.55. The highest BCUT2D eigenvalue weighted by atomic mass is 32.1. The minimum Gasteiger partial charge on any atom is -0.480 e. The maximum Gasteiger partial charge on any atom is 0.326 e. The lowest BCUT2D eigenvalue weighted by atomic mass is 10.1. The van der Waals surface area contributed by atoms with E-state index in [0.29, 0.717) is 0 Å². The Hall–Kier alpha value is -3.60. The first-order valence-electron chi connectivity index (χ1n) is 10.9. The number of thiol groups is 1. The topological polar surface area (TPSA) is 301 Å². The Labute approximate surface area is 212 Å². The van der Waals surface area contributed by atoms with E-state index in [0.717, 1.165) is 0 Å². The summed E-state index contributed by atoms with van der Waals surface area (Å²) in [5.74, 6) is -5.60. The molecule has 0 aromatic heterocycles. The zero-order valence-electron chi connectivity index (χ0n) is 19.6. The summed E-state index contributed by atoms with van der Waals surface area (Å²) in [4.78, 5) is 75.6. The number of aliphatic carboxylic acids is 1. The molecule has 204 valence electrons. The van der Waals surface area contributed by atoms with Gasteiger partial charge in [-0.25, -0.2) is 4.79 Å². The first-order valence-corrected chi connectivity index (χ1v) is 11.5. The number of primary amides is 2. The number of nitrogens with zero attached hydrogens (tertiary/aromatic N) is 1. The van der Waals surface area contributed by atoms with Gasteiger partial charge in [0.05, 0.1) is 6.04 Å². The van der Waals surface area contributed by atoms with Gasteiger partial charge in [-0.2, -0.15) is 12.6 Å². The summed E-state index contributed by atoms with van der Waals surface area (Å²) in [6.45, 7) is 0.124. The average Bonchev–Trinajstić information content (AvgIpc) is 2.79. The van der Waals surface area contributed by atoms with Crippen molar-refractivity contribution >= 4 is 54.1 Å². The molecule has 0 radical (unpaired) electrons. The lowest BCUT2D eigenvalue weighted by Crippen LogP contribution is -2.57. The predicted molar refractivity (Wildman–Crippen MR) is 132 cm³/mol. The fourth-order valence-corrected chi connectivity index (χ4v) is 2.94. The van der Waals surface area contributed by atoms with Crippen molar-refractivity contribution < 1.29 is 33.9 Å². The Kier molecular flexibility index (Phi) is 15.2. The highest BCUT2D eigenvalue weighted by molar-refractivity contribution is 7.80. The molecule has 0 aliphatic rings. The number of rotatable bonds is 18. The number of carbonyl (C=O) groups excluding carboxylic acids is 5. The highest BCUT2D eigenvalue weighted by Crippen LogP contribution is 2.05. The monoisotopic (exact) mass is 533 g/mol. The third-order valence-corrected chi connectivity index (χ3v) is 5.11. The van der Waals surface area contributed by atoms with Crippen LogP contribution in [0.1, 0.15) is 38.5 Å². The standard InChI is InChI=1S/C19H35N9O7S/c20-9(8-36)15(31)26-10(3-5-13(21)29)16(32)27-11(4-6-14(22)30)17(33)28-12(18(34)35)2-1-7-25-19(23)24/h9-12,36H,1-8,20H2,(H2,21,29)(H2,22,30)(H,26,31)(H,27,32)(H,28,33)(H,34,35)(H4,23,24,25). The van der Waals surface area contributed by atoms with E-state index in [-0.39, 0.29) is 56.8 Å². The van der Waals surface area contributed by atoms with Crippen molar-refractivity contribution in [3.63, 3.8) is 0 Å². The van der Waals surface area contributed by atoms with E-state index in [2.05, 4.69) is 33.6 Å². The Morgan fingerprint density at radius 2 is 1.19 bits per heavy atom. The molecule has 14 N–H and O–H groups in total. The van der Waals surface area contributed by atoms with E-state index in [1.54, 1.807) is 0 Å².